The number of hydrogen-bond acceptors (Lipinski definition) is 9. The van der Waals surface area contributed by atoms with E-state index in [1.54, 1.807) is 30.3 Å². The molecule has 0 aliphatic carbocycles. The van der Waals surface area contributed by atoms with E-state index in [2.05, 4.69) is 5.10 Å². The number of nitro groups is 2. The van der Waals surface area contributed by atoms with Gasteiger partial charge in [0.25, 0.3) is 5.69 Å². The first-order valence-electron chi connectivity index (χ1n) is 10.3. The Morgan fingerprint density at radius 1 is 1.00 bits per heavy atom. The fraction of sp³-hybridized carbons (Fsp3) is 0.130. The number of nitro benzene ring substituents is 2. The Balaban J connectivity index is 1.64. The number of carbonyl (C=O) groups is 1. The molecule has 36 heavy (non-hydrogen) atoms. The molecular formula is C23H17ClN4O8. The lowest BCUT2D eigenvalue weighted by atomic mass is 10.1. The van der Waals surface area contributed by atoms with Crippen LogP contribution in [0.2, 0.25) is 5.02 Å². The number of carbonyl (C=O) groups excluding carboxylic acids is 1. The molecule has 1 aliphatic heterocycles. The zero-order valence-electron chi connectivity index (χ0n) is 18.8. The van der Waals surface area contributed by atoms with Crippen molar-refractivity contribution >= 4 is 34.8 Å². The van der Waals surface area contributed by atoms with Gasteiger partial charge in [-0.15, -0.1) is 5.10 Å². The number of amides is 1. The first kappa shape index (κ1) is 24.4. The van der Waals surface area contributed by atoms with Crippen molar-refractivity contribution in [3.05, 3.63) is 97.0 Å². The van der Waals surface area contributed by atoms with Crippen LogP contribution in [0.1, 0.15) is 24.3 Å². The monoisotopic (exact) mass is 512 g/mol. The largest absolute Gasteiger partial charge is 0.493 e. The van der Waals surface area contributed by atoms with Gasteiger partial charge in [0, 0.05) is 29.1 Å². The van der Waals surface area contributed by atoms with E-state index in [1.165, 1.54) is 31.2 Å². The second-order valence-corrected chi connectivity index (χ2v) is 7.86. The maximum Gasteiger partial charge on any atom is 0.318 e. The molecule has 0 N–H and O–H groups in total. The summed E-state index contributed by atoms with van der Waals surface area (Å²) in [5.41, 5.74) is 0.0691. The highest BCUT2D eigenvalue weighted by molar-refractivity contribution is 6.30. The number of ether oxygens (including phenoxy) is 3. The van der Waals surface area contributed by atoms with Crippen LogP contribution in [0.25, 0.3) is 0 Å². The van der Waals surface area contributed by atoms with Crippen molar-refractivity contribution in [2.24, 2.45) is 5.10 Å². The van der Waals surface area contributed by atoms with Gasteiger partial charge >= 0.3 is 5.69 Å². The van der Waals surface area contributed by atoms with Gasteiger partial charge in [-0.1, -0.05) is 11.6 Å². The third-order valence-corrected chi connectivity index (χ3v) is 5.35. The van der Waals surface area contributed by atoms with E-state index in [0.717, 1.165) is 18.2 Å². The molecule has 0 unspecified atom stereocenters. The summed E-state index contributed by atoms with van der Waals surface area (Å²) < 4.78 is 17.0. The number of nitrogens with zero attached hydrogens (tertiary/aromatic N) is 4. The molecule has 0 saturated heterocycles. The van der Waals surface area contributed by atoms with Crippen molar-refractivity contribution in [2.45, 2.75) is 13.2 Å². The van der Waals surface area contributed by atoms with Crippen LogP contribution in [0, 0.1) is 20.2 Å². The Hall–Kier alpha value is -4.71. The fourth-order valence-electron chi connectivity index (χ4n) is 3.38. The number of non-ortho nitro benzene ring substituents is 1. The quantitative estimate of drug-likeness (QED) is 0.310. The van der Waals surface area contributed by atoms with E-state index in [1.807, 2.05) is 0 Å². The minimum absolute atomic E-state index is 0.101. The lowest BCUT2D eigenvalue weighted by Crippen LogP contribution is -2.25. The van der Waals surface area contributed by atoms with Crippen molar-refractivity contribution < 1.29 is 28.9 Å². The third-order valence-electron chi connectivity index (χ3n) is 5.10. The molecule has 12 nitrogen and oxygen atoms in total. The normalized spacial score (nSPS) is 14.6. The first-order chi connectivity index (χ1) is 17.2. The van der Waals surface area contributed by atoms with E-state index < -0.39 is 27.4 Å². The van der Waals surface area contributed by atoms with Gasteiger partial charge in [-0.2, -0.15) is 5.01 Å². The molecular weight excluding hydrogens is 496 g/mol. The molecule has 0 aromatic heterocycles. The predicted molar refractivity (Wildman–Crippen MR) is 127 cm³/mol. The molecule has 3 aromatic rings. The van der Waals surface area contributed by atoms with Crippen LogP contribution >= 0.6 is 11.6 Å². The highest BCUT2D eigenvalue weighted by Crippen LogP contribution is 2.40. The van der Waals surface area contributed by atoms with E-state index in [4.69, 9.17) is 25.8 Å². The van der Waals surface area contributed by atoms with Gasteiger partial charge in [-0.3, -0.25) is 25.0 Å². The number of hydrazone groups is 1. The van der Waals surface area contributed by atoms with E-state index >= 15 is 0 Å². The maximum absolute atomic E-state index is 12.3. The zero-order valence-corrected chi connectivity index (χ0v) is 19.5. The summed E-state index contributed by atoms with van der Waals surface area (Å²) in [6.45, 7) is 1.34. The van der Waals surface area contributed by atoms with Crippen molar-refractivity contribution in [2.75, 3.05) is 7.11 Å². The Labute approximate surface area is 208 Å². The highest BCUT2D eigenvalue weighted by atomic mass is 35.5. The Morgan fingerprint density at radius 3 is 2.31 bits per heavy atom. The molecule has 1 amide bonds. The van der Waals surface area contributed by atoms with Crippen LogP contribution in [0.3, 0.4) is 0 Å². The standard InChI is InChI=1S/C23H17ClN4O8/c1-13(29)26-23(36-22(25-26)14-3-6-16(24)7-4-14)15-5-9-20(21(11-15)34-2)35-19-10-8-17(27(30)31)12-18(19)28(32)33/h3-12,23H,1-2H3/t23-/m1/s1. The van der Waals surface area contributed by atoms with Crippen LogP contribution in [-0.2, 0) is 9.53 Å². The smallest absolute Gasteiger partial charge is 0.318 e. The van der Waals surface area contributed by atoms with Crippen LogP contribution in [0.15, 0.2) is 65.8 Å². The van der Waals surface area contributed by atoms with Gasteiger partial charge in [0.1, 0.15) is 0 Å². The van der Waals surface area contributed by atoms with Crippen LogP contribution in [0.4, 0.5) is 11.4 Å². The van der Waals surface area contributed by atoms with Crippen molar-refractivity contribution in [3.8, 4) is 17.2 Å². The summed E-state index contributed by atoms with van der Waals surface area (Å²) in [6, 6.07) is 14.4. The van der Waals surface area contributed by atoms with Gasteiger partial charge in [-0.25, -0.2) is 0 Å². The lowest BCUT2D eigenvalue weighted by Gasteiger charge is -2.20. The summed E-state index contributed by atoms with van der Waals surface area (Å²) in [5, 5.41) is 28.4. The van der Waals surface area contributed by atoms with Crippen LogP contribution < -0.4 is 9.47 Å². The summed E-state index contributed by atoms with van der Waals surface area (Å²) in [7, 11) is 1.37. The predicted octanol–water partition coefficient (Wildman–Crippen LogP) is 5.20. The number of hydrogen-bond donors (Lipinski definition) is 0. The minimum atomic E-state index is -0.912. The zero-order chi connectivity index (χ0) is 26.0. The summed E-state index contributed by atoms with van der Waals surface area (Å²) in [6.07, 6.45) is -0.912. The van der Waals surface area contributed by atoms with Crippen LogP contribution in [0.5, 0.6) is 17.2 Å². The average Bonchev–Trinajstić information content (AvgIpc) is 3.30. The minimum Gasteiger partial charge on any atom is -0.493 e. The van der Waals surface area contributed by atoms with Gasteiger partial charge < -0.3 is 14.2 Å². The third kappa shape index (κ3) is 4.88. The summed E-state index contributed by atoms with van der Waals surface area (Å²) >= 11 is 5.94. The van der Waals surface area contributed by atoms with Crippen LogP contribution in [-0.4, -0.2) is 33.8 Å². The molecule has 13 heteroatoms. The second-order valence-electron chi connectivity index (χ2n) is 7.42. The van der Waals surface area contributed by atoms with Crippen molar-refractivity contribution in [1.82, 2.24) is 5.01 Å². The molecule has 0 spiro atoms. The Kier molecular flexibility index (Phi) is 6.70. The molecule has 184 valence electrons. The molecule has 0 radical (unpaired) electrons. The fourth-order valence-corrected chi connectivity index (χ4v) is 3.51. The lowest BCUT2D eigenvalue weighted by molar-refractivity contribution is -0.394. The number of halogens is 1. The SMILES string of the molecule is COc1cc([C@H]2OC(c3ccc(Cl)cc3)=NN2C(C)=O)ccc1Oc1ccc([N+](=O)[O-])cc1[N+](=O)[O-]. The molecule has 4 rings (SSSR count). The Bertz CT molecular complexity index is 1390. The number of methoxy groups -OCH3 is 1. The average molecular weight is 513 g/mol. The number of benzene rings is 3. The van der Waals surface area contributed by atoms with E-state index in [9.17, 15) is 25.0 Å². The molecule has 0 bridgehead atoms. The Morgan fingerprint density at radius 2 is 1.69 bits per heavy atom. The highest BCUT2D eigenvalue weighted by Gasteiger charge is 2.34. The van der Waals surface area contributed by atoms with E-state index in [0.29, 0.717) is 16.1 Å². The van der Waals surface area contributed by atoms with Gasteiger partial charge in [0.05, 0.1) is 23.0 Å². The van der Waals surface area contributed by atoms with E-state index in [-0.39, 0.29) is 29.1 Å². The molecule has 1 aliphatic rings. The van der Waals surface area contributed by atoms with Crippen molar-refractivity contribution in [3.63, 3.8) is 0 Å². The van der Waals surface area contributed by atoms with Crippen molar-refractivity contribution in [1.29, 1.82) is 0 Å². The molecule has 3 aromatic carbocycles. The molecule has 1 heterocycles. The topological polar surface area (TPSA) is 147 Å². The molecule has 0 saturated carbocycles. The maximum atomic E-state index is 12.3. The molecule has 1 atom stereocenters. The summed E-state index contributed by atoms with van der Waals surface area (Å²) in [4.78, 5) is 33.1. The van der Waals surface area contributed by atoms with Gasteiger partial charge in [0.2, 0.25) is 23.8 Å². The summed E-state index contributed by atoms with van der Waals surface area (Å²) in [5.74, 6) is -0.0958. The molecule has 0 fully saturated rings. The second kappa shape index (κ2) is 9.88. The van der Waals surface area contributed by atoms with Gasteiger partial charge in [-0.05, 0) is 48.5 Å². The number of rotatable bonds is 7. The van der Waals surface area contributed by atoms with Gasteiger partial charge in [0.15, 0.2) is 11.5 Å². The first-order valence-corrected chi connectivity index (χ1v) is 10.7.